The monoisotopic (exact) mass is 630 g/mol. The molecule has 6 heteroatoms. The molecule has 3 unspecified atom stereocenters. The van der Waals surface area contributed by atoms with E-state index in [9.17, 15) is 0 Å². The Morgan fingerprint density at radius 2 is 0.702 bits per heavy atom. The van der Waals surface area contributed by atoms with Gasteiger partial charge in [-0.1, -0.05) is 152 Å². The number of ether oxygens (including phenoxy) is 6. The molecule has 1 aliphatic rings. The Bertz CT molecular complexity index is 1550. The molecule has 47 heavy (non-hydrogen) atoms. The fourth-order valence-electron chi connectivity index (χ4n) is 5.63. The Balaban J connectivity index is 1.29. The standard InChI is InChI=1S/C41H42O6/c1-6-16-32(17-7-1)26-42-31-37-38(43-27-33-18-8-2-9-19-33)39(44-28-34-20-10-3-11-21-34)40(45-29-35-22-12-4-13-23-35)41(47-37)46-30-36-24-14-5-15-25-36/h1-25,37-41H,26-31H2/t37?,38-,39?,40?,41+/m0/s1. The van der Waals surface area contributed by atoms with E-state index in [1.54, 1.807) is 0 Å². The molecule has 6 nitrogen and oxygen atoms in total. The molecule has 1 heterocycles. The Hall–Kier alpha value is -4.14. The lowest BCUT2D eigenvalue weighted by molar-refractivity contribution is -0.330. The molecule has 0 aliphatic carbocycles. The van der Waals surface area contributed by atoms with Crippen LogP contribution in [0.1, 0.15) is 27.8 Å². The molecular formula is C41H42O6. The number of benzene rings is 5. The average Bonchev–Trinajstić information content (AvgIpc) is 3.14. The Morgan fingerprint density at radius 3 is 1.13 bits per heavy atom. The minimum atomic E-state index is -0.735. The van der Waals surface area contributed by atoms with Crippen LogP contribution in [0.3, 0.4) is 0 Å². The third-order valence-corrected chi connectivity index (χ3v) is 8.10. The minimum Gasteiger partial charge on any atom is -0.374 e. The second-order valence-corrected chi connectivity index (χ2v) is 11.6. The van der Waals surface area contributed by atoms with Crippen LogP contribution < -0.4 is 0 Å². The zero-order chi connectivity index (χ0) is 31.9. The highest BCUT2D eigenvalue weighted by molar-refractivity contribution is 5.17. The van der Waals surface area contributed by atoms with Gasteiger partial charge in [0.25, 0.3) is 0 Å². The second kappa shape index (κ2) is 17.7. The zero-order valence-corrected chi connectivity index (χ0v) is 26.5. The highest BCUT2D eigenvalue weighted by atomic mass is 16.7. The van der Waals surface area contributed by atoms with Crippen molar-refractivity contribution in [3.63, 3.8) is 0 Å². The molecule has 0 saturated carbocycles. The fourth-order valence-corrected chi connectivity index (χ4v) is 5.63. The first kappa shape index (κ1) is 32.8. The predicted molar refractivity (Wildman–Crippen MR) is 181 cm³/mol. The van der Waals surface area contributed by atoms with Gasteiger partial charge in [0, 0.05) is 0 Å². The van der Waals surface area contributed by atoms with Crippen LogP contribution >= 0.6 is 0 Å². The molecule has 0 N–H and O–H groups in total. The van der Waals surface area contributed by atoms with E-state index < -0.39 is 30.7 Å². The summed E-state index contributed by atoms with van der Waals surface area (Å²) in [4.78, 5) is 0. The van der Waals surface area contributed by atoms with Crippen LogP contribution in [0, 0.1) is 0 Å². The quantitative estimate of drug-likeness (QED) is 0.111. The molecule has 1 fully saturated rings. The Labute approximate surface area is 277 Å². The summed E-state index contributed by atoms with van der Waals surface area (Å²) < 4.78 is 39.7. The van der Waals surface area contributed by atoms with Gasteiger partial charge in [0.2, 0.25) is 0 Å². The van der Waals surface area contributed by atoms with Gasteiger partial charge in [-0.15, -0.1) is 0 Å². The molecule has 5 aromatic rings. The highest BCUT2D eigenvalue weighted by Crippen LogP contribution is 2.32. The fraction of sp³-hybridized carbons (Fsp3) is 0.268. The maximum Gasteiger partial charge on any atom is 0.187 e. The maximum absolute atomic E-state index is 6.78. The molecule has 5 aromatic carbocycles. The van der Waals surface area contributed by atoms with E-state index in [0.717, 1.165) is 27.8 Å². The van der Waals surface area contributed by atoms with Crippen LogP contribution in [0.4, 0.5) is 0 Å². The van der Waals surface area contributed by atoms with Crippen molar-refractivity contribution in [2.24, 2.45) is 0 Å². The SMILES string of the molecule is c1ccc(COCC2O[C@@H](OCc3ccccc3)C(OCc3ccccc3)C(OCc3ccccc3)[C@H]2OCc2ccccc2)cc1. The van der Waals surface area contributed by atoms with Crippen molar-refractivity contribution in [2.75, 3.05) is 6.61 Å². The van der Waals surface area contributed by atoms with Crippen LogP contribution in [0.2, 0.25) is 0 Å². The summed E-state index contributed by atoms with van der Waals surface area (Å²) in [5.74, 6) is 0. The minimum absolute atomic E-state index is 0.288. The van der Waals surface area contributed by atoms with E-state index in [0.29, 0.717) is 33.0 Å². The molecule has 242 valence electrons. The lowest BCUT2D eigenvalue weighted by Gasteiger charge is -2.46. The maximum atomic E-state index is 6.78. The molecule has 1 aliphatic heterocycles. The number of hydrogen-bond donors (Lipinski definition) is 0. The third-order valence-electron chi connectivity index (χ3n) is 8.10. The van der Waals surface area contributed by atoms with Gasteiger partial charge < -0.3 is 28.4 Å². The largest absolute Gasteiger partial charge is 0.374 e. The summed E-state index contributed by atoms with van der Waals surface area (Å²) in [6.45, 7) is 2.23. The molecule has 0 amide bonds. The summed E-state index contributed by atoms with van der Waals surface area (Å²) in [6.07, 6.45) is -2.84. The number of rotatable bonds is 16. The molecular weight excluding hydrogens is 588 g/mol. The molecule has 6 rings (SSSR count). The Morgan fingerprint density at radius 1 is 0.362 bits per heavy atom. The summed E-state index contributed by atoms with van der Waals surface area (Å²) in [5, 5.41) is 0. The summed E-state index contributed by atoms with van der Waals surface area (Å²) >= 11 is 0. The van der Waals surface area contributed by atoms with Crippen molar-refractivity contribution in [1.82, 2.24) is 0 Å². The molecule has 0 radical (unpaired) electrons. The average molecular weight is 631 g/mol. The van der Waals surface area contributed by atoms with Gasteiger partial charge >= 0.3 is 0 Å². The van der Waals surface area contributed by atoms with Gasteiger partial charge in [0.15, 0.2) is 6.29 Å². The summed E-state index contributed by atoms with van der Waals surface area (Å²) in [5.41, 5.74) is 5.29. The van der Waals surface area contributed by atoms with Gasteiger partial charge in [-0.25, -0.2) is 0 Å². The van der Waals surface area contributed by atoms with Gasteiger partial charge in [0.05, 0.1) is 39.6 Å². The molecule has 5 atom stereocenters. The van der Waals surface area contributed by atoms with Crippen molar-refractivity contribution in [3.8, 4) is 0 Å². The predicted octanol–water partition coefficient (Wildman–Crippen LogP) is 7.90. The first-order valence-electron chi connectivity index (χ1n) is 16.2. The summed E-state index contributed by atoms with van der Waals surface area (Å²) in [6, 6.07) is 50.6. The van der Waals surface area contributed by atoms with Gasteiger partial charge in [-0.05, 0) is 27.8 Å². The van der Waals surface area contributed by atoms with E-state index in [2.05, 4.69) is 36.4 Å². The van der Waals surface area contributed by atoms with E-state index in [4.69, 9.17) is 28.4 Å². The van der Waals surface area contributed by atoms with Crippen LogP contribution in [-0.2, 0) is 61.5 Å². The second-order valence-electron chi connectivity index (χ2n) is 11.6. The van der Waals surface area contributed by atoms with Crippen molar-refractivity contribution < 1.29 is 28.4 Å². The smallest absolute Gasteiger partial charge is 0.187 e. The summed E-state index contributed by atoms with van der Waals surface area (Å²) in [7, 11) is 0. The lowest BCUT2D eigenvalue weighted by atomic mass is 9.97. The van der Waals surface area contributed by atoms with Gasteiger partial charge in [-0.2, -0.15) is 0 Å². The molecule has 0 aromatic heterocycles. The van der Waals surface area contributed by atoms with Crippen molar-refractivity contribution in [3.05, 3.63) is 179 Å². The first-order valence-corrected chi connectivity index (χ1v) is 16.2. The van der Waals surface area contributed by atoms with Crippen molar-refractivity contribution >= 4 is 0 Å². The van der Waals surface area contributed by atoms with Crippen molar-refractivity contribution in [2.45, 2.75) is 63.7 Å². The molecule has 0 spiro atoms. The zero-order valence-electron chi connectivity index (χ0n) is 26.5. The van der Waals surface area contributed by atoms with E-state index in [1.807, 2.05) is 115 Å². The highest BCUT2D eigenvalue weighted by Gasteiger charge is 2.49. The first-order chi connectivity index (χ1) is 23.3. The van der Waals surface area contributed by atoms with Crippen LogP contribution in [-0.4, -0.2) is 37.3 Å². The van der Waals surface area contributed by atoms with Gasteiger partial charge in [0.1, 0.15) is 24.4 Å². The topological polar surface area (TPSA) is 55.4 Å². The lowest BCUT2D eigenvalue weighted by Crippen LogP contribution is -2.61. The van der Waals surface area contributed by atoms with Crippen LogP contribution in [0.15, 0.2) is 152 Å². The van der Waals surface area contributed by atoms with Crippen molar-refractivity contribution in [1.29, 1.82) is 0 Å². The Kier molecular flexibility index (Phi) is 12.3. The van der Waals surface area contributed by atoms with E-state index in [1.165, 1.54) is 0 Å². The third kappa shape index (κ3) is 9.92. The molecule has 1 saturated heterocycles. The van der Waals surface area contributed by atoms with E-state index >= 15 is 0 Å². The van der Waals surface area contributed by atoms with Gasteiger partial charge in [-0.3, -0.25) is 0 Å². The van der Waals surface area contributed by atoms with Crippen LogP contribution in [0.5, 0.6) is 0 Å². The van der Waals surface area contributed by atoms with Crippen LogP contribution in [0.25, 0.3) is 0 Å². The van der Waals surface area contributed by atoms with E-state index in [-0.39, 0.29) is 6.61 Å². The number of hydrogen-bond acceptors (Lipinski definition) is 6. The normalized spacial score (nSPS) is 21.0. The molecule has 0 bridgehead atoms.